The van der Waals surface area contributed by atoms with E-state index < -0.39 is 0 Å². The predicted molar refractivity (Wildman–Crippen MR) is 495 cm³/mol. The summed E-state index contributed by atoms with van der Waals surface area (Å²) in [4.78, 5) is 0. The van der Waals surface area contributed by atoms with E-state index in [1.165, 1.54) is 219 Å². The number of benzene rings is 21. The van der Waals surface area contributed by atoms with Gasteiger partial charge in [-0.25, -0.2) is 0 Å². The molecule has 538 valence electrons. The average molecular weight is 1470 g/mol. The van der Waals surface area contributed by atoms with Crippen molar-refractivity contribution in [2.75, 3.05) is 0 Å². The molecular weight excluding hydrogens is 1400 g/mol. The number of nitrogens with zero attached hydrogens (tertiary/aromatic N) is 4. The van der Waals surface area contributed by atoms with Crippen molar-refractivity contribution in [2.24, 2.45) is 0 Å². The van der Waals surface area contributed by atoms with Crippen molar-refractivity contribution in [3.63, 3.8) is 0 Å². The maximum atomic E-state index is 2.43. The largest absolute Gasteiger partial charge is 0.309 e. The van der Waals surface area contributed by atoms with Crippen molar-refractivity contribution < 1.29 is 0 Å². The molecule has 0 aliphatic rings. The van der Waals surface area contributed by atoms with Gasteiger partial charge in [-0.15, -0.1) is 0 Å². The molecule has 4 heteroatoms. The zero-order chi connectivity index (χ0) is 76.1. The molecule has 0 N–H and O–H groups in total. The van der Waals surface area contributed by atoms with Crippen LogP contribution in [0, 0.1) is 0 Å². The first-order valence-electron chi connectivity index (χ1n) is 40.1. The van der Waals surface area contributed by atoms with Crippen LogP contribution in [0.5, 0.6) is 0 Å². The van der Waals surface area contributed by atoms with Gasteiger partial charge in [0.2, 0.25) is 0 Å². The van der Waals surface area contributed by atoms with E-state index in [4.69, 9.17) is 0 Å². The number of hydrogen-bond donors (Lipinski definition) is 0. The Kier molecular flexibility index (Phi) is 14.7. The third-order valence-electron chi connectivity index (χ3n) is 24.8. The van der Waals surface area contributed by atoms with Crippen molar-refractivity contribution in [3.8, 4) is 67.3 Å². The molecule has 21 aromatic carbocycles. The average Bonchev–Trinajstić information content (AvgIpc) is 0.875. The lowest BCUT2D eigenvalue weighted by molar-refractivity contribution is 1.18. The van der Waals surface area contributed by atoms with E-state index in [1.807, 2.05) is 0 Å². The van der Waals surface area contributed by atoms with Crippen LogP contribution in [0.2, 0.25) is 0 Å². The molecule has 25 aromatic rings. The maximum Gasteiger partial charge on any atom is 0.0547 e. The van der Waals surface area contributed by atoms with Crippen LogP contribution in [0.25, 0.3) is 230 Å². The van der Waals surface area contributed by atoms with Gasteiger partial charge in [0.05, 0.1) is 44.1 Å². The SMILES string of the molecule is c1ccc(-n2c3ccccc3c3ccc(-c4ccc5c(c4)c4ccccc4n5-c4ccc(-c5cc6c7ccccc7c7ccccc7c6c6ccccc56)cc4)cc32)cc1.c1ccc(-n2c3ccccc3c3ccc(-c4ccc5c(c4)c4ccccc4n5-c4ccc(-c5cc6ccc7ccccc7c6c6ccccc56)cc4)cc32)cc1. The first-order valence-corrected chi connectivity index (χ1v) is 40.1. The molecule has 0 saturated heterocycles. The summed E-state index contributed by atoms with van der Waals surface area (Å²) < 4.78 is 9.63. The fourth-order valence-electron chi connectivity index (χ4n) is 19.6. The smallest absolute Gasteiger partial charge is 0.0547 e. The standard InChI is InChI=1S/C58H36N2.C54H34N2/c1-2-14-40(15-3-1)60-54-24-12-10-20-46(54)48-32-28-39(35-57(48)60)38-29-33-56-52(34-38)47-21-11-13-25-55(47)59(56)41-30-26-37(27-31-41)51-36-53-44-18-5-4-16-42(44)43-17-6-8-22-49(43)58(53)50-23-9-7-19-45(50)51;1-2-13-40(14-3-1)56-50-20-10-8-17-44(50)46-30-26-38(34-53(46)56)37-27-31-52-49(32-37)45-18-9-11-21-51(45)55(52)41-28-24-36(25-29-41)48-33-39-23-22-35-12-4-5-15-42(35)54(39)47-19-7-6-16-43(47)48/h1-36H;1-34H. The summed E-state index contributed by atoms with van der Waals surface area (Å²) in [5.74, 6) is 0. The van der Waals surface area contributed by atoms with Gasteiger partial charge in [0.1, 0.15) is 0 Å². The lowest BCUT2D eigenvalue weighted by atomic mass is 9.87. The highest BCUT2D eigenvalue weighted by molar-refractivity contribution is 6.33. The van der Waals surface area contributed by atoms with E-state index in [0.29, 0.717) is 0 Å². The summed E-state index contributed by atoms with van der Waals surface area (Å²) in [7, 11) is 0. The molecule has 0 unspecified atom stereocenters. The van der Waals surface area contributed by atoms with Crippen LogP contribution in [0.3, 0.4) is 0 Å². The third kappa shape index (κ3) is 10.1. The molecule has 4 heterocycles. The molecule has 0 radical (unpaired) electrons. The van der Waals surface area contributed by atoms with Gasteiger partial charge in [-0.05, 0) is 241 Å². The summed E-state index contributed by atoms with van der Waals surface area (Å²) in [6.07, 6.45) is 0. The van der Waals surface area contributed by atoms with Crippen molar-refractivity contribution in [1.29, 1.82) is 0 Å². The first-order chi connectivity index (χ1) is 57.6. The van der Waals surface area contributed by atoms with Gasteiger partial charge in [-0.3, -0.25) is 0 Å². The summed E-state index contributed by atoms with van der Waals surface area (Å²) in [6.45, 7) is 0. The lowest BCUT2D eigenvalue weighted by Crippen LogP contribution is -1.94. The van der Waals surface area contributed by atoms with Crippen LogP contribution in [-0.4, -0.2) is 18.3 Å². The van der Waals surface area contributed by atoms with Crippen molar-refractivity contribution in [2.45, 2.75) is 0 Å². The zero-order valence-corrected chi connectivity index (χ0v) is 63.2. The predicted octanol–water partition coefficient (Wildman–Crippen LogP) is 30.5. The fraction of sp³-hybridized carbons (Fsp3) is 0. The number of aromatic nitrogens is 4. The fourth-order valence-corrected chi connectivity index (χ4v) is 19.6. The van der Waals surface area contributed by atoms with E-state index in [1.54, 1.807) is 0 Å². The molecule has 0 fully saturated rings. The normalized spacial score (nSPS) is 12.0. The van der Waals surface area contributed by atoms with Crippen LogP contribution < -0.4 is 0 Å². The highest BCUT2D eigenvalue weighted by Gasteiger charge is 2.22. The molecule has 116 heavy (non-hydrogen) atoms. The van der Waals surface area contributed by atoms with Crippen LogP contribution >= 0.6 is 0 Å². The van der Waals surface area contributed by atoms with Crippen LogP contribution in [0.15, 0.2) is 425 Å². The second-order valence-electron chi connectivity index (χ2n) is 30.9. The summed E-state index contributed by atoms with van der Waals surface area (Å²) in [6, 6.07) is 156. The second-order valence-corrected chi connectivity index (χ2v) is 30.9. The summed E-state index contributed by atoms with van der Waals surface area (Å²) in [5, 5.41) is 28.1. The topological polar surface area (TPSA) is 19.7 Å². The molecule has 0 spiro atoms. The Bertz CT molecular complexity index is 8360. The molecule has 4 nitrogen and oxygen atoms in total. The van der Waals surface area contributed by atoms with Gasteiger partial charge >= 0.3 is 0 Å². The minimum Gasteiger partial charge on any atom is -0.309 e. The van der Waals surface area contributed by atoms with E-state index >= 15 is 0 Å². The van der Waals surface area contributed by atoms with Gasteiger partial charge < -0.3 is 18.3 Å². The van der Waals surface area contributed by atoms with Crippen LogP contribution in [-0.2, 0) is 0 Å². The molecule has 0 aliphatic carbocycles. The molecule has 0 saturated carbocycles. The molecule has 4 aromatic heterocycles. The Balaban J connectivity index is 0.000000134. The van der Waals surface area contributed by atoms with Gasteiger partial charge in [0, 0.05) is 65.8 Å². The van der Waals surface area contributed by atoms with Gasteiger partial charge in [-0.1, -0.05) is 303 Å². The summed E-state index contributed by atoms with van der Waals surface area (Å²) >= 11 is 0. The minimum atomic E-state index is 1.15. The monoisotopic (exact) mass is 1470 g/mol. The van der Waals surface area contributed by atoms with Gasteiger partial charge in [-0.2, -0.15) is 0 Å². The Morgan fingerprint density at radius 1 is 0.121 bits per heavy atom. The third-order valence-corrected chi connectivity index (χ3v) is 24.8. The minimum absolute atomic E-state index is 1.15. The first kappa shape index (κ1) is 65.4. The van der Waals surface area contributed by atoms with Gasteiger partial charge in [0.25, 0.3) is 0 Å². The molecular formula is C112H70N4. The zero-order valence-electron chi connectivity index (χ0n) is 63.2. The molecule has 0 aliphatic heterocycles. The molecule has 0 amide bonds. The number of rotatable bonds is 8. The number of fused-ring (bicyclic) bond motifs is 25. The maximum absolute atomic E-state index is 2.43. The quantitative estimate of drug-likeness (QED) is 0.135. The highest BCUT2D eigenvalue weighted by atomic mass is 15.0. The van der Waals surface area contributed by atoms with Gasteiger partial charge in [0.15, 0.2) is 0 Å². The Hall–Kier alpha value is -15.4. The Morgan fingerprint density at radius 3 is 0.871 bits per heavy atom. The van der Waals surface area contributed by atoms with E-state index in [0.717, 1.165) is 11.4 Å². The molecule has 25 rings (SSSR count). The number of para-hydroxylation sites is 6. The van der Waals surface area contributed by atoms with E-state index in [2.05, 4.69) is 443 Å². The molecule has 0 atom stereocenters. The lowest BCUT2D eigenvalue weighted by Gasteiger charge is -2.16. The van der Waals surface area contributed by atoms with Crippen molar-refractivity contribution >= 4 is 163 Å². The van der Waals surface area contributed by atoms with Crippen LogP contribution in [0.4, 0.5) is 0 Å². The number of hydrogen-bond acceptors (Lipinski definition) is 0. The van der Waals surface area contributed by atoms with Crippen molar-refractivity contribution in [3.05, 3.63) is 425 Å². The van der Waals surface area contributed by atoms with E-state index in [-0.39, 0.29) is 0 Å². The van der Waals surface area contributed by atoms with Crippen LogP contribution in [0.1, 0.15) is 0 Å². The van der Waals surface area contributed by atoms with Crippen molar-refractivity contribution in [1.82, 2.24) is 18.3 Å². The highest BCUT2D eigenvalue weighted by Crippen LogP contribution is 2.47. The Morgan fingerprint density at radius 2 is 0.405 bits per heavy atom. The molecule has 0 bridgehead atoms. The summed E-state index contributed by atoms with van der Waals surface area (Å²) in [5.41, 5.74) is 24.0. The van der Waals surface area contributed by atoms with E-state index in [9.17, 15) is 0 Å². The second kappa shape index (κ2) is 26.1. The Labute approximate surface area is 668 Å².